The highest BCUT2D eigenvalue weighted by Crippen LogP contribution is 2.27. The zero-order valence-corrected chi connectivity index (χ0v) is 16.5. The first-order chi connectivity index (χ1) is 14.0. The molecule has 0 bridgehead atoms. The Morgan fingerprint density at radius 3 is 2.55 bits per heavy atom. The number of amides is 2. The van der Waals surface area contributed by atoms with Crippen LogP contribution in [0.2, 0.25) is 0 Å². The van der Waals surface area contributed by atoms with Gasteiger partial charge in [-0.1, -0.05) is 25.1 Å². The lowest BCUT2D eigenvalue weighted by molar-refractivity contribution is -0.122. The summed E-state index contributed by atoms with van der Waals surface area (Å²) in [6.07, 6.45) is 4.49. The van der Waals surface area contributed by atoms with Crippen LogP contribution >= 0.6 is 12.2 Å². The third-order valence-electron chi connectivity index (χ3n) is 4.77. The Kier molecular flexibility index (Phi) is 4.98. The van der Waals surface area contributed by atoms with Gasteiger partial charge in [-0.25, -0.2) is 4.39 Å². The summed E-state index contributed by atoms with van der Waals surface area (Å²) in [7, 11) is 0. The van der Waals surface area contributed by atoms with E-state index in [0.29, 0.717) is 5.69 Å². The summed E-state index contributed by atoms with van der Waals surface area (Å²) < 4.78 is 15.4. The number of nitrogens with zero attached hydrogens (tertiary/aromatic N) is 2. The van der Waals surface area contributed by atoms with Gasteiger partial charge in [0.1, 0.15) is 11.4 Å². The minimum atomic E-state index is -0.550. The maximum absolute atomic E-state index is 13.3. The summed E-state index contributed by atoms with van der Waals surface area (Å²) in [6, 6.07) is 13.2. The lowest BCUT2D eigenvalue weighted by Crippen LogP contribution is -2.54. The van der Waals surface area contributed by atoms with Gasteiger partial charge in [0.25, 0.3) is 11.8 Å². The second-order valence-corrected chi connectivity index (χ2v) is 7.12. The highest BCUT2D eigenvalue weighted by molar-refractivity contribution is 7.80. The fourth-order valence-corrected chi connectivity index (χ4v) is 3.73. The molecule has 0 unspecified atom stereocenters. The monoisotopic (exact) mass is 407 g/mol. The Balaban J connectivity index is 1.79. The number of para-hydroxylation sites is 1. The van der Waals surface area contributed by atoms with Gasteiger partial charge in [-0.05, 0) is 55.0 Å². The normalized spacial score (nSPS) is 16.0. The number of carbonyl (C=O) groups is 2. The Morgan fingerprint density at radius 1 is 1.10 bits per heavy atom. The number of fused-ring (bicyclic) bond motifs is 1. The van der Waals surface area contributed by atoms with E-state index in [0.717, 1.165) is 29.4 Å². The Labute approximate surface area is 172 Å². The van der Waals surface area contributed by atoms with Crippen molar-refractivity contribution in [2.75, 3.05) is 4.90 Å². The van der Waals surface area contributed by atoms with E-state index in [9.17, 15) is 14.0 Å². The number of hydrogen-bond acceptors (Lipinski definition) is 3. The molecule has 1 aliphatic rings. The van der Waals surface area contributed by atoms with Gasteiger partial charge in [0.05, 0.1) is 5.69 Å². The first-order valence-corrected chi connectivity index (χ1v) is 9.65. The highest BCUT2D eigenvalue weighted by atomic mass is 32.1. The van der Waals surface area contributed by atoms with E-state index < -0.39 is 17.6 Å². The van der Waals surface area contributed by atoms with Crippen molar-refractivity contribution in [2.45, 2.75) is 19.9 Å². The first-order valence-electron chi connectivity index (χ1n) is 9.24. The molecule has 7 heteroatoms. The summed E-state index contributed by atoms with van der Waals surface area (Å²) in [5.41, 5.74) is 2.18. The second kappa shape index (κ2) is 7.60. The molecule has 0 spiro atoms. The minimum Gasteiger partial charge on any atom is -0.347 e. The van der Waals surface area contributed by atoms with Crippen LogP contribution in [0, 0.1) is 5.82 Å². The standard InChI is InChI=1S/C22H18FN3O2S/c1-2-11-25-13-14(17-5-3-4-6-19(17)25)12-18-20(27)24-22(29)26(21(18)28)16-9-7-15(23)8-10-16/h3-10,12-13H,2,11H2,1H3,(H,24,27,29)/b18-12+. The van der Waals surface area contributed by atoms with Crippen molar-refractivity contribution in [1.82, 2.24) is 9.88 Å². The van der Waals surface area contributed by atoms with Crippen molar-refractivity contribution >= 4 is 51.8 Å². The second-order valence-electron chi connectivity index (χ2n) is 6.73. The van der Waals surface area contributed by atoms with Crippen LogP contribution in [-0.4, -0.2) is 21.5 Å². The van der Waals surface area contributed by atoms with E-state index in [2.05, 4.69) is 16.8 Å². The maximum atomic E-state index is 13.3. The molecule has 4 rings (SSSR count). The van der Waals surface area contributed by atoms with E-state index in [-0.39, 0.29) is 10.7 Å². The van der Waals surface area contributed by atoms with Crippen molar-refractivity contribution in [2.24, 2.45) is 0 Å². The molecule has 29 heavy (non-hydrogen) atoms. The summed E-state index contributed by atoms with van der Waals surface area (Å²) >= 11 is 5.18. The van der Waals surface area contributed by atoms with Gasteiger partial charge >= 0.3 is 0 Å². The summed E-state index contributed by atoms with van der Waals surface area (Å²) in [5.74, 6) is -1.52. The van der Waals surface area contributed by atoms with E-state index in [1.54, 1.807) is 6.08 Å². The molecule has 1 aromatic heterocycles. The molecular formula is C22H18FN3O2S. The lowest BCUT2D eigenvalue weighted by atomic mass is 10.1. The average molecular weight is 407 g/mol. The van der Waals surface area contributed by atoms with Gasteiger partial charge in [0, 0.05) is 29.2 Å². The smallest absolute Gasteiger partial charge is 0.270 e. The van der Waals surface area contributed by atoms with Gasteiger partial charge in [-0.3, -0.25) is 19.8 Å². The van der Waals surface area contributed by atoms with Crippen LogP contribution in [0.5, 0.6) is 0 Å². The minimum absolute atomic E-state index is 0.0256. The first kappa shape index (κ1) is 19.0. The fraction of sp³-hybridized carbons (Fsp3) is 0.136. The number of anilines is 1. The number of thiocarbonyl (C=S) groups is 1. The molecule has 2 heterocycles. The number of nitrogens with one attached hydrogen (secondary N) is 1. The van der Waals surface area contributed by atoms with Crippen LogP contribution in [0.3, 0.4) is 0 Å². The Bertz CT molecular complexity index is 1160. The van der Waals surface area contributed by atoms with Crippen LogP contribution in [0.25, 0.3) is 17.0 Å². The molecule has 1 saturated heterocycles. The van der Waals surface area contributed by atoms with Crippen molar-refractivity contribution in [1.29, 1.82) is 0 Å². The van der Waals surface area contributed by atoms with Crippen molar-refractivity contribution < 1.29 is 14.0 Å². The molecule has 146 valence electrons. The largest absolute Gasteiger partial charge is 0.347 e. The SMILES string of the molecule is CCCn1cc(/C=C2\C(=O)NC(=S)N(c3ccc(F)cc3)C2=O)c2ccccc21. The third-order valence-corrected chi connectivity index (χ3v) is 5.05. The molecule has 0 saturated carbocycles. The molecule has 0 aliphatic carbocycles. The number of aromatic nitrogens is 1. The molecule has 2 amide bonds. The number of carbonyl (C=O) groups excluding carboxylic acids is 2. The van der Waals surface area contributed by atoms with Crippen molar-refractivity contribution in [3.63, 3.8) is 0 Å². The van der Waals surface area contributed by atoms with Crippen molar-refractivity contribution in [3.8, 4) is 0 Å². The Hall–Kier alpha value is -3.32. The van der Waals surface area contributed by atoms with Gasteiger partial charge in [-0.2, -0.15) is 0 Å². The predicted octanol–water partition coefficient (Wildman–Crippen LogP) is 4.02. The third kappa shape index (κ3) is 3.45. The van der Waals surface area contributed by atoms with Gasteiger partial charge in [0.2, 0.25) is 0 Å². The molecule has 2 aromatic carbocycles. The fourth-order valence-electron chi connectivity index (χ4n) is 3.45. The van der Waals surface area contributed by atoms with Gasteiger partial charge in [-0.15, -0.1) is 0 Å². The number of aryl methyl sites for hydroxylation is 1. The quantitative estimate of drug-likeness (QED) is 0.404. The lowest BCUT2D eigenvalue weighted by Gasteiger charge is -2.28. The van der Waals surface area contributed by atoms with Crippen LogP contribution in [-0.2, 0) is 16.1 Å². The summed E-state index contributed by atoms with van der Waals surface area (Å²) in [5, 5.41) is 3.48. The molecule has 5 nitrogen and oxygen atoms in total. The molecule has 0 atom stereocenters. The zero-order valence-electron chi connectivity index (χ0n) is 15.7. The maximum Gasteiger partial charge on any atom is 0.270 e. The van der Waals surface area contributed by atoms with E-state index in [4.69, 9.17) is 12.2 Å². The predicted molar refractivity (Wildman–Crippen MR) is 115 cm³/mol. The van der Waals surface area contributed by atoms with Crippen LogP contribution in [0.1, 0.15) is 18.9 Å². The van der Waals surface area contributed by atoms with Crippen LogP contribution in [0.4, 0.5) is 10.1 Å². The summed E-state index contributed by atoms with van der Waals surface area (Å²) in [6.45, 7) is 2.92. The van der Waals surface area contributed by atoms with E-state index >= 15 is 0 Å². The number of hydrogen-bond donors (Lipinski definition) is 1. The number of rotatable bonds is 4. The van der Waals surface area contributed by atoms with Crippen molar-refractivity contribution in [3.05, 3.63) is 71.7 Å². The Morgan fingerprint density at radius 2 is 1.83 bits per heavy atom. The summed E-state index contributed by atoms with van der Waals surface area (Å²) in [4.78, 5) is 26.9. The highest BCUT2D eigenvalue weighted by Gasteiger charge is 2.34. The number of halogens is 1. The zero-order chi connectivity index (χ0) is 20.5. The molecule has 1 fully saturated rings. The van der Waals surface area contributed by atoms with Crippen LogP contribution < -0.4 is 10.2 Å². The van der Waals surface area contributed by atoms with Gasteiger partial charge in [0.15, 0.2) is 5.11 Å². The topological polar surface area (TPSA) is 54.3 Å². The molecule has 3 aromatic rings. The molecule has 1 aliphatic heterocycles. The van der Waals surface area contributed by atoms with Gasteiger partial charge < -0.3 is 4.57 Å². The number of benzene rings is 2. The van der Waals surface area contributed by atoms with E-state index in [1.807, 2.05) is 30.5 Å². The van der Waals surface area contributed by atoms with E-state index in [1.165, 1.54) is 29.2 Å². The molecule has 1 N–H and O–H groups in total. The molecular weight excluding hydrogens is 389 g/mol. The molecule has 0 radical (unpaired) electrons. The average Bonchev–Trinajstić information content (AvgIpc) is 3.04. The van der Waals surface area contributed by atoms with Crippen LogP contribution in [0.15, 0.2) is 60.3 Å².